The van der Waals surface area contributed by atoms with Crippen LogP contribution in [0, 0.1) is 11.3 Å². The molecule has 0 spiro atoms. The number of rotatable bonds is 5. The van der Waals surface area contributed by atoms with Crippen LogP contribution in [0.2, 0.25) is 5.02 Å². The average Bonchev–Trinajstić information content (AvgIpc) is 2.28. The highest BCUT2D eigenvalue weighted by atomic mass is 35.5. The third-order valence-corrected chi connectivity index (χ3v) is 3.96. The summed E-state index contributed by atoms with van der Waals surface area (Å²) in [6, 6.07) is 5.71. The maximum Gasteiger partial charge on any atom is 0.242 e. The van der Waals surface area contributed by atoms with Crippen LogP contribution in [0.4, 0.5) is 0 Å². The summed E-state index contributed by atoms with van der Waals surface area (Å²) in [7, 11) is -3.86. The number of nitrogens with one attached hydrogen (secondary N) is 1. The Labute approximate surface area is 109 Å². The molecule has 0 atom stereocenters. The number of nitrogens with two attached hydrogens (primary N) is 1. The van der Waals surface area contributed by atoms with E-state index < -0.39 is 15.9 Å². The van der Waals surface area contributed by atoms with Crippen molar-refractivity contribution in [2.45, 2.75) is 11.3 Å². The first kappa shape index (κ1) is 14.4. The fourth-order valence-electron chi connectivity index (χ4n) is 1.17. The Morgan fingerprint density at radius 2 is 2.17 bits per heavy atom. The molecule has 0 aliphatic heterocycles. The van der Waals surface area contributed by atoms with Crippen LogP contribution in [0.1, 0.15) is 12.0 Å². The average molecular weight is 288 g/mol. The summed E-state index contributed by atoms with van der Waals surface area (Å²) in [5.74, 6) is -0.616. The SMILES string of the molecule is N#Cc1ccc(Cl)c(S(=O)(=O)NCCC(N)=O)c1. The molecule has 3 N–H and O–H groups in total. The third-order valence-electron chi connectivity index (χ3n) is 2.01. The summed E-state index contributed by atoms with van der Waals surface area (Å²) in [5, 5.41) is 8.70. The van der Waals surface area contributed by atoms with Crippen molar-refractivity contribution in [1.29, 1.82) is 5.26 Å². The molecule has 0 fully saturated rings. The Hall–Kier alpha value is -1.62. The topological polar surface area (TPSA) is 113 Å². The van der Waals surface area contributed by atoms with Gasteiger partial charge in [-0.1, -0.05) is 11.6 Å². The number of nitriles is 1. The van der Waals surface area contributed by atoms with Crippen LogP contribution in [-0.4, -0.2) is 20.9 Å². The van der Waals surface area contributed by atoms with Crippen molar-refractivity contribution in [3.8, 4) is 6.07 Å². The van der Waals surface area contributed by atoms with Crippen LogP contribution in [0.5, 0.6) is 0 Å². The van der Waals surface area contributed by atoms with E-state index in [0.717, 1.165) is 6.07 Å². The summed E-state index contributed by atoms with van der Waals surface area (Å²) in [4.78, 5) is 10.3. The smallest absolute Gasteiger partial charge is 0.242 e. The number of benzene rings is 1. The second-order valence-electron chi connectivity index (χ2n) is 3.37. The molecule has 8 heteroatoms. The number of primary amides is 1. The van der Waals surface area contributed by atoms with Gasteiger partial charge in [-0.2, -0.15) is 5.26 Å². The predicted molar refractivity (Wildman–Crippen MR) is 65.2 cm³/mol. The van der Waals surface area contributed by atoms with Gasteiger partial charge >= 0.3 is 0 Å². The van der Waals surface area contributed by atoms with Gasteiger partial charge in [-0.25, -0.2) is 13.1 Å². The molecule has 0 aliphatic carbocycles. The maximum atomic E-state index is 11.8. The minimum absolute atomic E-state index is 0.000532. The molecule has 1 amide bonds. The van der Waals surface area contributed by atoms with Crippen LogP contribution in [0.15, 0.2) is 23.1 Å². The zero-order valence-electron chi connectivity index (χ0n) is 9.18. The molecule has 0 bridgehead atoms. The van der Waals surface area contributed by atoms with Gasteiger partial charge in [0.05, 0.1) is 16.7 Å². The normalized spacial score (nSPS) is 10.9. The number of carbonyl (C=O) groups is 1. The van der Waals surface area contributed by atoms with Gasteiger partial charge in [0.25, 0.3) is 0 Å². The molecule has 1 rings (SSSR count). The molecule has 1 aromatic carbocycles. The van der Waals surface area contributed by atoms with E-state index in [0.29, 0.717) is 0 Å². The monoisotopic (exact) mass is 287 g/mol. The van der Waals surface area contributed by atoms with E-state index in [2.05, 4.69) is 4.72 Å². The van der Waals surface area contributed by atoms with Crippen LogP contribution >= 0.6 is 11.6 Å². The standard InChI is InChI=1S/C10H10ClN3O3S/c11-8-2-1-7(6-12)5-9(8)18(16,17)14-4-3-10(13)15/h1-2,5,14H,3-4H2,(H2,13,15). The minimum atomic E-state index is -3.86. The summed E-state index contributed by atoms with van der Waals surface area (Å²) in [6.45, 7) is -0.120. The van der Waals surface area contributed by atoms with Crippen LogP contribution in [-0.2, 0) is 14.8 Å². The largest absolute Gasteiger partial charge is 0.370 e. The number of hydrogen-bond donors (Lipinski definition) is 2. The molecule has 0 saturated heterocycles. The maximum absolute atomic E-state index is 11.8. The van der Waals surface area contributed by atoms with Crippen molar-refractivity contribution >= 4 is 27.5 Å². The number of nitrogens with zero attached hydrogens (tertiary/aromatic N) is 1. The highest BCUT2D eigenvalue weighted by Crippen LogP contribution is 2.22. The summed E-state index contributed by atoms with van der Waals surface area (Å²) in [5.41, 5.74) is 5.07. The molecule has 0 aliphatic rings. The van der Waals surface area contributed by atoms with Crippen LogP contribution in [0.3, 0.4) is 0 Å². The van der Waals surface area contributed by atoms with E-state index in [1.54, 1.807) is 0 Å². The lowest BCUT2D eigenvalue weighted by atomic mass is 10.2. The van der Waals surface area contributed by atoms with E-state index >= 15 is 0 Å². The summed E-state index contributed by atoms with van der Waals surface area (Å²) >= 11 is 5.76. The Morgan fingerprint density at radius 1 is 1.50 bits per heavy atom. The first-order chi connectivity index (χ1) is 8.36. The van der Waals surface area contributed by atoms with Gasteiger partial charge in [0.15, 0.2) is 0 Å². The van der Waals surface area contributed by atoms with Crippen molar-refractivity contribution in [2.24, 2.45) is 5.73 Å². The highest BCUT2D eigenvalue weighted by Gasteiger charge is 2.18. The zero-order chi connectivity index (χ0) is 13.8. The number of sulfonamides is 1. The third kappa shape index (κ3) is 3.70. The van der Waals surface area contributed by atoms with E-state index in [4.69, 9.17) is 22.6 Å². The number of hydrogen-bond acceptors (Lipinski definition) is 4. The predicted octanol–water partition coefficient (Wildman–Crippen LogP) is 0.365. The van der Waals surface area contributed by atoms with Crippen molar-refractivity contribution in [1.82, 2.24) is 4.72 Å². The van der Waals surface area contributed by atoms with Crippen molar-refractivity contribution < 1.29 is 13.2 Å². The Morgan fingerprint density at radius 3 is 2.72 bits per heavy atom. The van der Waals surface area contributed by atoms with E-state index in [1.165, 1.54) is 12.1 Å². The lowest BCUT2D eigenvalue weighted by molar-refractivity contribution is -0.117. The second kappa shape index (κ2) is 5.82. The Balaban J connectivity index is 2.98. The second-order valence-corrected chi connectivity index (χ2v) is 5.51. The van der Waals surface area contributed by atoms with E-state index in [-0.39, 0.29) is 28.4 Å². The van der Waals surface area contributed by atoms with Crippen molar-refractivity contribution in [3.05, 3.63) is 28.8 Å². The van der Waals surface area contributed by atoms with Gasteiger partial charge < -0.3 is 5.73 Å². The lowest BCUT2D eigenvalue weighted by Gasteiger charge is -2.07. The fraction of sp³-hybridized carbons (Fsp3) is 0.200. The van der Waals surface area contributed by atoms with Gasteiger partial charge in [0, 0.05) is 13.0 Å². The molecular formula is C10H10ClN3O3S. The summed E-state index contributed by atoms with van der Waals surface area (Å²) < 4.78 is 25.9. The molecule has 18 heavy (non-hydrogen) atoms. The molecule has 0 aromatic heterocycles. The first-order valence-electron chi connectivity index (χ1n) is 4.84. The van der Waals surface area contributed by atoms with E-state index in [9.17, 15) is 13.2 Å². The van der Waals surface area contributed by atoms with Gasteiger partial charge in [0.2, 0.25) is 15.9 Å². The quantitative estimate of drug-likeness (QED) is 0.814. The molecule has 0 unspecified atom stereocenters. The molecule has 0 heterocycles. The first-order valence-corrected chi connectivity index (χ1v) is 6.70. The number of carbonyl (C=O) groups excluding carboxylic acids is 1. The van der Waals surface area contributed by atoms with E-state index in [1.807, 2.05) is 6.07 Å². The molecule has 0 saturated carbocycles. The van der Waals surface area contributed by atoms with Crippen LogP contribution in [0.25, 0.3) is 0 Å². The van der Waals surface area contributed by atoms with Gasteiger partial charge in [-0.3, -0.25) is 4.79 Å². The molecular weight excluding hydrogens is 278 g/mol. The van der Waals surface area contributed by atoms with Gasteiger partial charge in [-0.05, 0) is 18.2 Å². The molecule has 0 radical (unpaired) electrons. The van der Waals surface area contributed by atoms with Crippen molar-refractivity contribution in [2.75, 3.05) is 6.54 Å². The molecule has 1 aromatic rings. The Bertz CT molecular complexity index is 607. The Kier molecular flexibility index (Phi) is 4.67. The van der Waals surface area contributed by atoms with Gasteiger partial charge in [0.1, 0.15) is 4.90 Å². The highest BCUT2D eigenvalue weighted by molar-refractivity contribution is 7.89. The van der Waals surface area contributed by atoms with Gasteiger partial charge in [-0.15, -0.1) is 0 Å². The summed E-state index contributed by atoms with van der Waals surface area (Å²) in [6.07, 6.45) is -0.116. The van der Waals surface area contributed by atoms with Crippen molar-refractivity contribution in [3.63, 3.8) is 0 Å². The number of amides is 1. The molecule has 6 nitrogen and oxygen atoms in total. The number of halogens is 1. The lowest BCUT2D eigenvalue weighted by Crippen LogP contribution is -2.28. The molecule has 96 valence electrons. The minimum Gasteiger partial charge on any atom is -0.370 e. The fourth-order valence-corrected chi connectivity index (χ4v) is 2.72. The zero-order valence-corrected chi connectivity index (χ0v) is 10.8. The van der Waals surface area contributed by atoms with Crippen LogP contribution < -0.4 is 10.5 Å².